The molecule has 23 heavy (non-hydrogen) atoms. The molecule has 0 bridgehead atoms. The van der Waals surface area contributed by atoms with Gasteiger partial charge >= 0.3 is 0 Å². The van der Waals surface area contributed by atoms with E-state index in [1.165, 1.54) is 18.4 Å². The van der Waals surface area contributed by atoms with Gasteiger partial charge in [0.2, 0.25) is 5.91 Å². The Labute approximate surface area is 142 Å². The number of rotatable bonds is 8. The predicted molar refractivity (Wildman–Crippen MR) is 92.5 cm³/mol. The number of benzene rings is 1. The van der Waals surface area contributed by atoms with E-state index in [1.807, 2.05) is 29.1 Å². The molecule has 1 fully saturated rings. The quantitative estimate of drug-likeness (QED) is 0.776. The molecule has 0 radical (unpaired) electrons. The monoisotopic (exact) mass is 334 g/mol. The summed E-state index contributed by atoms with van der Waals surface area (Å²) in [5.74, 6) is 0.845. The van der Waals surface area contributed by atoms with Crippen LogP contribution in [0.4, 0.5) is 0 Å². The first-order valence-electron chi connectivity index (χ1n) is 7.83. The second kappa shape index (κ2) is 8.70. The van der Waals surface area contributed by atoms with E-state index in [9.17, 15) is 4.79 Å². The second-order valence-electron chi connectivity index (χ2n) is 5.82. The SMILES string of the molecule is Cl.O=C(CNCC1CC1)NCc1ccccc1Cn1cccn1. The molecule has 0 saturated heterocycles. The maximum atomic E-state index is 11.9. The molecule has 124 valence electrons. The number of nitrogens with zero attached hydrogens (tertiary/aromatic N) is 2. The number of amides is 1. The molecule has 1 aliphatic carbocycles. The predicted octanol–water partition coefficient (Wildman–Crippen LogP) is 1.97. The number of hydrogen-bond acceptors (Lipinski definition) is 3. The number of carbonyl (C=O) groups excluding carboxylic acids is 1. The maximum Gasteiger partial charge on any atom is 0.234 e. The number of aromatic nitrogens is 2. The third kappa shape index (κ3) is 5.69. The minimum atomic E-state index is 0. The Morgan fingerprint density at radius 3 is 2.70 bits per heavy atom. The third-order valence-corrected chi connectivity index (χ3v) is 3.90. The zero-order chi connectivity index (χ0) is 15.2. The van der Waals surface area contributed by atoms with Gasteiger partial charge in [-0.15, -0.1) is 12.4 Å². The fourth-order valence-corrected chi connectivity index (χ4v) is 2.42. The van der Waals surface area contributed by atoms with Crippen molar-refractivity contribution in [3.8, 4) is 0 Å². The van der Waals surface area contributed by atoms with Gasteiger partial charge in [0.15, 0.2) is 0 Å². The summed E-state index contributed by atoms with van der Waals surface area (Å²) in [6, 6.07) is 10.1. The normalized spacial score (nSPS) is 13.4. The van der Waals surface area contributed by atoms with Crippen molar-refractivity contribution in [2.75, 3.05) is 13.1 Å². The van der Waals surface area contributed by atoms with E-state index in [4.69, 9.17) is 0 Å². The van der Waals surface area contributed by atoms with Crippen molar-refractivity contribution >= 4 is 18.3 Å². The Kier molecular flexibility index (Phi) is 6.62. The summed E-state index contributed by atoms with van der Waals surface area (Å²) in [5, 5.41) is 10.4. The van der Waals surface area contributed by atoms with E-state index >= 15 is 0 Å². The molecule has 1 aromatic carbocycles. The van der Waals surface area contributed by atoms with Gasteiger partial charge in [0.1, 0.15) is 0 Å². The molecular formula is C17H23ClN4O. The lowest BCUT2D eigenvalue weighted by molar-refractivity contribution is -0.120. The lowest BCUT2D eigenvalue weighted by Crippen LogP contribution is -2.34. The average molecular weight is 335 g/mol. The summed E-state index contributed by atoms with van der Waals surface area (Å²) in [7, 11) is 0. The third-order valence-electron chi connectivity index (χ3n) is 3.90. The zero-order valence-corrected chi connectivity index (χ0v) is 13.9. The molecule has 5 nitrogen and oxygen atoms in total. The Morgan fingerprint density at radius 2 is 2.00 bits per heavy atom. The van der Waals surface area contributed by atoms with Crippen molar-refractivity contribution < 1.29 is 4.79 Å². The molecule has 1 aromatic heterocycles. The minimum Gasteiger partial charge on any atom is -0.351 e. The smallest absolute Gasteiger partial charge is 0.234 e. The lowest BCUT2D eigenvalue weighted by atomic mass is 10.1. The van der Waals surface area contributed by atoms with E-state index in [2.05, 4.69) is 27.9 Å². The van der Waals surface area contributed by atoms with Gasteiger partial charge in [-0.3, -0.25) is 9.48 Å². The molecule has 1 amide bonds. The average Bonchev–Trinajstić information content (AvgIpc) is 3.21. The van der Waals surface area contributed by atoms with Crippen LogP contribution in [0.1, 0.15) is 24.0 Å². The molecule has 1 heterocycles. The number of hydrogen-bond donors (Lipinski definition) is 2. The van der Waals surface area contributed by atoms with Gasteiger partial charge in [-0.2, -0.15) is 5.10 Å². The van der Waals surface area contributed by atoms with Gasteiger partial charge < -0.3 is 10.6 Å². The van der Waals surface area contributed by atoms with Crippen molar-refractivity contribution in [3.63, 3.8) is 0 Å². The van der Waals surface area contributed by atoms with Gasteiger partial charge in [-0.05, 0) is 42.5 Å². The molecule has 6 heteroatoms. The van der Waals surface area contributed by atoms with Crippen molar-refractivity contribution in [2.24, 2.45) is 5.92 Å². The molecular weight excluding hydrogens is 312 g/mol. The summed E-state index contributed by atoms with van der Waals surface area (Å²) < 4.78 is 1.89. The van der Waals surface area contributed by atoms with E-state index in [1.54, 1.807) is 6.20 Å². The highest BCUT2D eigenvalue weighted by Gasteiger charge is 2.20. The van der Waals surface area contributed by atoms with Crippen molar-refractivity contribution in [3.05, 3.63) is 53.9 Å². The molecule has 0 aliphatic heterocycles. The standard InChI is InChI=1S/C17H22N4O.ClH/c22-17(12-18-10-14-6-7-14)19-11-15-4-1-2-5-16(15)13-21-9-3-8-20-21;/h1-5,8-9,14,18H,6-7,10-13H2,(H,19,22);1H. The van der Waals surface area contributed by atoms with Crippen molar-refractivity contribution in [1.29, 1.82) is 0 Å². The topological polar surface area (TPSA) is 59.0 Å². The highest BCUT2D eigenvalue weighted by Crippen LogP contribution is 2.27. The largest absolute Gasteiger partial charge is 0.351 e. The maximum absolute atomic E-state index is 11.9. The Balaban J connectivity index is 0.00000192. The number of nitrogens with one attached hydrogen (secondary N) is 2. The fraction of sp³-hybridized carbons (Fsp3) is 0.412. The Bertz CT molecular complexity index is 611. The molecule has 0 atom stereocenters. The van der Waals surface area contributed by atoms with Crippen LogP contribution in [-0.4, -0.2) is 28.8 Å². The van der Waals surface area contributed by atoms with Gasteiger partial charge in [-0.1, -0.05) is 24.3 Å². The first-order valence-corrected chi connectivity index (χ1v) is 7.83. The molecule has 0 spiro atoms. The van der Waals surface area contributed by atoms with E-state index in [-0.39, 0.29) is 18.3 Å². The molecule has 0 unspecified atom stereocenters. The van der Waals surface area contributed by atoms with Crippen LogP contribution in [-0.2, 0) is 17.9 Å². The summed E-state index contributed by atoms with van der Waals surface area (Å²) >= 11 is 0. The summed E-state index contributed by atoms with van der Waals surface area (Å²) in [6.07, 6.45) is 6.32. The van der Waals surface area contributed by atoms with E-state index in [0.29, 0.717) is 13.1 Å². The minimum absolute atomic E-state index is 0. The summed E-state index contributed by atoms with van der Waals surface area (Å²) in [4.78, 5) is 11.9. The fourth-order valence-electron chi connectivity index (χ4n) is 2.42. The van der Waals surface area contributed by atoms with E-state index < -0.39 is 0 Å². The first kappa shape index (κ1) is 17.5. The molecule has 1 aliphatic rings. The summed E-state index contributed by atoms with van der Waals surface area (Å²) in [5.41, 5.74) is 2.31. The van der Waals surface area contributed by atoms with Crippen LogP contribution in [0.2, 0.25) is 0 Å². The van der Waals surface area contributed by atoms with Crippen LogP contribution in [0.15, 0.2) is 42.7 Å². The van der Waals surface area contributed by atoms with Crippen LogP contribution in [0.25, 0.3) is 0 Å². The van der Waals surface area contributed by atoms with Gasteiger partial charge in [-0.25, -0.2) is 0 Å². The molecule has 2 N–H and O–H groups in total. The molecule has 2 aromatic rings. The van der Waals surface area contributed by atoms with Gasteiger partial charge in [0.05, 0.1) is 13.1 Å². The van der Waals surface area contributed by atoms with Gasteiger partial charge in [0, 0.05) is 18.9 Å². The molecule has 3 rings (SSSR count). The van der Waals surface area contributed by atoms with Gasteiger partial charge in [0.25, 0.3) is 0 Å². The highest BCUT2D eigenvalue weighted by atomic mass is 35.5. The molecule has 1 saturated carbocycles. The zero-order valence-electron chi connectivity index (χ0n) is 13.1. The number of halogens is 1. The van der Waals surface area contributed by atoms with Crippen LogP contribution in [0.5, 0.6) is 0 Å². The first-order chi connectivity index (χ1) is 10.8. The van der Waals surface area contributed by atoms with Crippen molar-refractivity contribution in [2.45, 2.75) is 25.9 Å². The lowest BCUT2D eigenvalue weighted by Gasteiger charge is -2.11. The van der Waals surface area contributed by atoms with Crippen LogP contribution in [0.3, 0.4) is 0 Å². The second-order valence-corrected chi connectivity index (χ2v) is 5.82. The number of carbonyl (C=O) groups is 1. The van der Waals surface area contributed by atoms with Crippen LogP contribution in [0, 0.1) is 5.92 Å². The van der Waals surface area contributed by atoms with Crippen LogP contribution >= 0.6 is 12.4 Å². The van der Waals surface area contributed by atoms with Crippen molar-refractivity contribution in [1.82, 2.24) is 20.4 Å². The van der Waals surface area contributed by atoms with Crippen LogP contribution < -0.4 is 10.6 Å². The summed E-state index contributed by atoms with van der Waals surface area (Å²) in [6.45, 7) is 2.64. The Morgan fingerprint density at radius 1 is 1.22 bits per heavy atom. The Hall–Kier alpha value is -1.85. The van der Waals surface area contributed by atoms with E-state index in [0.717, 1.165) is 24.6 Å². The highest BCUT2D eigenvalue weighted by molar-refractivity contribution is 5.85.